The molecule has 0 saturated carbocycles. The standard InChI is InChI=1S/C17H29N3O/c1-5-18-16-11-7-6-10-15(16)17(21)19-12-8-9-13-20(4)14(2)3/h6-7,10-11,14,18H,5,8-9,12-13H2,1-4H3,(H,19,21). The monoisotopic (exact) mass is 291 g/mol. The number of benzene rings is 1. The summed E-state index contributed by atoms with van der Waals surface area (Å²) in [5, 5.41) is 6.22. The second kappa shape index (κ2) is 9.40. The first-order valence-electron chi connectivity index (χ1n) is 7.87. The molecule has 4 heteroatoms. The summed E-state index contributed by atoms with van der Waals surface area (Å²) < 4.78 is 0. The molecule has 0 bridgehead atoms. The van der Waals surface area contributed by atoms with Crippen molar-refractivity contribution in [2.75, 3.05) is 32.0 Å². The number of nitrogens with one attached hydrogen (secondary N) is 2. The SMILES string of the molecule is CCNc1ccccc1C(=O)NCCCCN(C)C(C)C. The molecule has 0 aromatic heterocycles. The highest BCUT2D eigenvalue weighted by Gasteiger charge is 2.09. The highest BCUT2D eigenvalue weighted by molar-refractivity contribution is 5.99. The van der Waals surface area contributed by atoms with Gasteiger partial charge in [0.25, 0.3) is 5.91 Å². The summed E-state index contributed by atoms with van der Waals surface area (Å²) in [7, 11) is 2.13. The van der Waals surface area contributed by atoms with Crippen molar-refractivity contribution in [2.24, 2.45) is 0 Å². The van der Waals surface area contributed by atoms with Crippen LogP contribution < -0.4 is 10.6 Å². The first-order chi connectivity index (χ1) is 10.1. The zero-order valence-corrected chi connectivity index (χ0v) is 13.8. The second-order valence-electron chi connectivity index (χ2n) is 5.61. The largest absolute Gasteiger partial charge is 0.385 e. The van der Waals surface area contributed by atoms with Crippen LogP contribution in [0.25, 0.3) is 0 Å². The van der Waals surface area contributed by atoms with Gasteiger partial charge < -0.3 is 15.5 Å². The second-order valence-corrected chi connectivity index (χ2v) is 5.61. The summed E-state index contributed by atoms with van der Waals surface area (Å²) in [5.74, 6) is 0.00349. The predicted molar refractivity (Wildman–Crippen MR) is 89.9 cm³/mol. The molecule has 21 heavy (non-hydrogen) atoms. The van der Waals surface area contributed by atoms with Crippen molar-refractivity contribution in [2.45, 2.75) is 39.7 Å². The lowest BCUT2D eigenvalue weighted by atomic mass is 10.1. The number of para-hydroxylation sites is 1. The molecule has 1 rings (SSSR count). The van der Waals surface area contributed by atoms with Crippen molar-refractivity contribution in [3.8, 4) is 0 Å². The molecule has 0 radical (unpaired) electrons. The first-order valence-corrected chi connectivity index (χ1v) is 7.87. The maximum atomic E-state index is 12.2. The Morgan fingerprint density at radius 3 is 2.62 bits per heavy atom. The van der Waals surface area contributed by atoms with Gasteiger partial charge in [-0.15, -0.1) is 0 Å². The van der Waals surface area contributed by atoms with E-state index in [4.69, 9.17) is 0 Å². The number of carbonyl (C=O) groups is 1. The Labute approximate surface area is 128 Å². The van der Waals surface area contributed by atoms with E-state index in [1.807, 2.05) is 31.2 Å². The minimum Gasteiger partial charge on any atom is -0.385 e. The molecule has 118 valence electrons. The van der Waals surface area contributed by atoms with Gasteiger partial charge in [0.1, 0.15) is 0 Å². The number of anilines is 1. The molecule has 0 aliphatic rings. The number of hydrogen-bond donors (Lipinski definition) is 2. The van der Waals surface area contributed by atoms with Crippen molar-refractivity contribution in [1.82, 2.24) is 10.2 Å². The van der Waals surface area contributed by atoms with E-state index in [1.54, 1.807) is 0 Å². The minimum absolute atomic E-state index is 0.00349. The molecule has 0 saturated heterocycles. The average Bonchev–Trinajstić information content (AvgIpc) is 2.47. The first kappa shape index (κ1) is 17.5. The molecule has 0 fully saturated rings. The summed E-state index contributed by atoms with van der Waals surface area (Å²) in [4.78, 5) is 14.5. The normalized spacial score (nSPS) is 11.0. The van der Waals surface area contributed by atoms with E-state index in [0.717, 1.165) is 43.7 Å². The van der Waals surface area contributed by atoms with Gasteiger partial charge in [-0.1, -0.05) is 12.1 Å². The fraction of sp³-hybridized carbons (Fsp3) is 0.588. The molecule has 1 aromatic rings. The topological polar surface area (TPSA) is 44.4 Å². The number of rotatable bonds is 9. The van der Waals surface area contributed by atoms with Gasteiger partial charge >= 0.3 is 0 Å². The third kappa shape index (κ3) is 6.17. The number of carbonyl (C=O) groups excluding carboxylic acids is 1. The highest BCUT2D eigenvalue weighted by atomic mass is 16.1. The number of unbranched alkanes of at least 4 members (excludes halogenated alkanes) is 1. The molecule has 4 nitrogen and oxygen atoms in total. The molecule has 0 unspecified atom stereocenters. The van der Waals surface area contributed by atoms with Crippen LogP contribution in [0.1, 0.15) is 44.0 Å². The third-order valence-corrected chi connectivity index (χ3v) is 3.64. The van der Waals surface area contributed by atoms with Crippen LogP contribution in [-0.4, -0.2) is 43.5 Å². The highest BCUT2D eigenvalue weighted by Crippen LogP contribution is 2.14. The summed E-state index contributed by atoms with van der Waals surface area (Å²) in [6, 6.07) is 8.21. The van der Waals surface area contributed by atoms with Crippen LogP contribution in [0, 0.1) is 0 Å². The van der Waals surface area contributed by atoms with Gasteiger partial charge in [0, 0.05) is 24.8 Å². The van der Waals surface area contributed by atoms with Crippen molar-refractivity contribution in [3.05, 3.63) is 29.8 Å². The van der Waals surface area contributed by atoms with Gasteiger partial charge in [0.05, 0.1) is 5.56 Å². The van der Waals surface area contributed by atoms with Crippen molar-refractivity contribution >= 4 is 11.6 Å². The van der Waals surface area contributed by atoms with Gasteiger partial charge in [-0.2, -0.15) is 0 Å². The number of nitrogens with zero attached hydrogens (tertiary/aromatic N) is 1. The Kier molecular flexibility index (Phi) is 7.83. The van der Waals surface area contributed by atoms with Crippen molar-refractivity contribution < 1.29 is 4.79 Å². The molecule has 0 aliphatic carbocycles. The van der Waals surface area contributed by atoms with Crippen molar-refractivity contribution in [3.63, 3.8) is 0 Å². The smallest absolute Gasteiger partial charge is 0.253 e. The third-order valence-electron chi connectivity index (χ3n) is 3.64. The van der Waals surface area contributed by atoms with Gasteiger partial charge in [-0.25, -0.2) is 0 Å². The van der Waals surface area contributed by atoms with E-state index in [1.165, 1.54) is 0 Å². The molecular formula is C17H29N3O. The summed E-state index contributed by atoms with van der Waals surface area (Å²) in [6.07, 6.45) is 2.11. The maximum Gasteiger partial charge on any atom is 0.253 e. The van der Waals surface area contributed by atoms with Crippen LogP contribution in [0.15, 0.2) is 24.3 Å². The molecule has 0 aliphatic heterocycles. The number of hydrogen-bond acceptors (Lipinski definition) is 3. The minimum atomic E-state index is 0.00349. The van der Waals surface area contributed by atoms with Crippen LogP contribution >= 0.6 is 0 Å². The summed E-state index contributed by atoms with van der Waals surface area (Å²) >= 11 is 0. The average molecular weight is 291 g/mol. The van der Waals surface area contributed by atoms with E-state index in [2.05, 4.69) is 36.4 Å². The van der Waals surface area contributed by atoms with Gasteiger partial charge in [-0.05, 0) is 59.3 Å². The molecule has 2 N–H and O–H groups in total. The molecule has 1 aromatic carbocycles. The Bertz CT molecular complexity index is 432. The fourth-order valence-electron chi connectivity index (χ4n) is 2.07. The van der Waals surface area contributed by atoms with Gasteiger partial charge in [-0.3, -0.25) is 4.79 Å². The molecule has 0 atom stereocenters. The Balaban J connectivity index is 2.34. The lowest BCUT2D eigenvalue weighted by Gasteiger charge is -2.20. The van der Waals surface area contributed by atoms with Crippen LogP contribution in [0.4, 0.5) is 5.69 Å². The predicted octanol–water partition coefficient (Wildman–Crippen LogP) is 2.97. The van der Waals surface area contributed by atoms with Gasteiger partial charge in [0.2, 0.25) is 0 Å². The van der Waals surface area contributed by atoms with Crippen molar-refractivity contribution in [1.29, 1.82) is 0 Å². The van der Waals surface area contributed by atoms with E-state index in [0.29, 0.717) is 6.04 Å². The van der Waals surface area contributed by atoms with Crippen LogP contribution in [-0.2, 0) is 0 Å². The van der Waals surface area contributed by atoms with E-state index >= 15 is 0 Å². The zero-order chi connectivity index (χ0) is 15.7. The quantitative estimate of drug-likeness (QED) is 0.688. The van der Waals surface area contributed by atoms with E-state index < -0.39 is 0 Å². The lowest BCUT2D eigenvalue weighted by molar-refractivity contribution is 0.0953. The Morgan fingerprint density at radius 2 is 1.95 bits per heavy atom. The molecular weight excluding hydrogens is 262 g/mol. The summed E-state index contributed by atoms with van der Waals surface area (Å²) in [5.41, 5.74) is 1.62. The molecule has 0 spiro atoms. The Morgan fingerprint density at radius 1 is 1.24 bits per heavy atom. The van der Waals surface area contributed by atoms with E-state index in [-0.39, 0.29) is 5.91 Å². The van der Waals surface area contributed by atoms with Crippen LogP contribution in [0.3, 0.4) is 0 Å². The molecule has 1 amide bonds. The van der Waals surface area contributed by atoms with Crippen LogP contribution in [0.5, 0.6) is 0 Å². The fourth-order valence-corrected chi connectivity index (χ4v) is 2.07. The number of amides is 1. The maximum absolute atomic E-state index is 12.2. The lowest BCUT2D eigenvalue weighted by Crippen LogP contribution is -2.29. The zero-order valence-electron chi connectivity index (χ0n) is 13.8. The van der Waals surface area contributed by atoms with Crippen LogP contribution in [0.2, 0.25) is 0 Å². The van der Waals surface area contributed by atoms with E-state index in [9.17, 15) is 4.79 Å². The van der Waals surface area contributed by atoms with Gasteiger partial charge in [0.15, 0.2) is 0 Å². The summed E-state index contributed by atoms with van der Waals surface area (Å²) in [6.45, 7) is 9.03. The molecule has 0 heterocycles. The Hall–Kier alpha value is -1.55.